The van der Waals surface area contributed by atoms with Gasteiger partial charge in [-0.3, -0.25) is 5.32 Å². The van der Waals surface area contributed by atoms with Crippen molar-refractivity contribution in [1.29, 1.82) is 0 Å². The fraction of sp³-hybridized carbons (Fsp3) is 0.286. The van der Waals surface area contributed by atoms with E-state index in [1.165, 1.54) is 11.5 Å². The molecule has 0 saturated heterocycles. The third-order valence-corrected chi connectivity index (χ3v) is 3.37. The van der Waals surface area contributed by atoms with Gasteiger partial charge in [0.1, 0.15) is 5.00 Å². The molecule has 5 nitrogen and oxygen atoms in total. The summed E-state index contributed by atoms with van der Waals surface area (Å²) in [4.78, 5) is 11.8. The Morgan fingerprint density at radius 3 is 2.70 bits per heavy atom. The second-order valence-corrected chi connectivity index (χ2v) is 5.87. The summed E-state index contributed by atoms with van der Waals surface area (Å²) in [7, 11) is 0. The first-order valence-electron chi connectivity index (χ1n) is 6.22. The SMILES string of the molecule is CC(C)(CO)NC(=O)Nc1cc(-c2ccccc2)ns1. The van der Waals surface area contributed by atoms with E-state index in [0.717, 1.165) is 11.3 Å². The molecular formula is C14H17N3O2S. The third-order valence-electron chi connectivity index (χ3n) is 2.66. The molecule has 2 aromatic rings. The van der Waals surface area contributed by atoms with Gasteiger partial charge in [-0.25, -0.2) is 4.79 Å². The minimum atomic E-state index is -0.656. The Bertz CT molecular complexity index is 581. The van der Waals surface area contributed by atoms with Gasteiger partial charge in [-0.05, 0) is 25.4 Å². The zero-order valence-electron chi connectivity index (χ0n) is 11.4. The zero-order valence-corrected chi connectivity index (χ0v) is 12.2. The predicted octanol–water partition coefficient (Wildman–Crippen LogP) is 2.70. The summed E-state index contributed by atoms with van der Waals surface area (Å²) in [5.74, 6) is 0. The highest BCUT2D eigenvalue weighted by molar-refractivity contribution is 7.10. The van der Waals surface area contributed by atoms with Crippen LogP contribution in [-0.2, 0) is 0 Å². The fourth-order valence-electron chi connectivity index (χ4n) is 1.57. The summed E-state index contributed by atoms with van der Waals surface area (Å²) in [5, 5.41) is 15.2. The maximum atomic E-state index is 11.8. The number of carbonyl (C=O) groups excluding carboxylic acids is 1. The molecule has 0 spiro atoms. The van der Waals surface area contributed by atoms with Crippen molar-refractivity contribution in [3.05, 3.63) is 36.4 Å². The van der Waals surface area contributed by atoms with Crippen LogP contribution in [-0.4, -0.2) is 27.7 Å². The van der Waals surface area contributed by atoms with Gasteiger partial charge in [-0.2, -0.15) is 4.37 Å². The monoisotopic (exact) mass is 291 g/mol. The average molecular weight is 291 g/mol. The van der Waals surface area contributed by atoms with E-state index in [9.17, 15) is 4.79 Å². The second kappa shape index (κ2) is 6.02. The highest BCUT2D eigenvalue weighted by Crippen LogP contribution is 2.25. The summed E-state index contributed by atoms with van der Waals surface area (Å²) in [6.07, 6.45) is 0. The lowest BCUT2D eigenvalue weighted by Crippen LogP contribution is -2.48. The van der Waals surface area contributed by atoms with E-state index in [2.05, 4.69) is 15.0 Å². The molecule has 1 heterocycles. The van der Waals surface area contributed by atoms with E-state index >= 15 is 0 Å². The zero-order chi connectivity index (χ0) is 14.6. The second-order valence-electron chi connectivity index (χ2n) is 5.06. The van der Waals surface area contributed by atoms with Gasteiger partial charge in [0.2, 0.25) is 0 Å². The molecule has 0 aliphatic carbocycles. The molecule has 1 aromatic carbocycles. The van der Waals surface area contributed by atoms with Crippen molar-refractivity contribution in [3.8, 4) is 11.3 Å². The number of aliphatic hydroxyl groups is 1. The Morgan fingerprint density at radius 2 is 2.05 bits per heavy atom. The van der Waals surface area contributed by atoms with Gasteiger partial charge in [-0.1, -0.05) is 30.3 Å². The molecule has 20 heavy (non-hydrogen) atoms. The van der Waals surface area contributed by atoms with Gasteiger partial charge in [0.25, 0.3) is 0 Å². The van der Waals surface area contributed by atoms with Crippen LogP contribution in [0.25, 0.3) is 11.3 Å². The van der Waals surface area contributed by atoms with Gasteiger partial charge in [0.05, 0.1) is 17.8 Å². The average Bonchev–Trinajstić information content (AvgIpc) is 2.87. The van der Waals surface area contributed by atoms with Crippen LogP contribution in [0.5, 0.6) is 0 Å². The van der Waals surface area contributed by atoms with E-state index in [0.29, 0.717) is 5.00 Å². The van der Waals surface area contributed by atoms with E-state index < -0.39 is 5.54 Å². The van der Waals surface area contributed by atoms with Crippen molar-refractivity contribution in [2.45, 2.75) is 19.4 Å². The molecule has 6 heteroatoms. The Hall–Kier alpha value is -1.92. The van der Waals surface area contributed by atoms with Crippen molar-refractivity contribution < 1.29 is 9.90 Å². The van der Waals surface area contributed by atoms with Crippen LogP contribution >= 0.6 is 11.5 Å². The van der Waals surface area contributed by atoms with E-state index in [1.807, 2.05) is 36.4 Å². The number of urea groups is 1. The normalized spacial score (nSPS) is 11.2. The number of nitrogens with one attached hydrogen (secondary N) is 2. The van der Waals surface area contributed by atoms with E-state index in [-0.39, 0.29) is 12.6 Å². The van der Waals surface area contributed by atoms with Gasteiger partial charge >= 0.3 is 6.03 Å². The number of hydrogen-bond donors (Lipinski definition) is 3. The molecule has 3 N–H and O–H groups in total. The van der Waals surface area contributed by atoms with Crippen LogP contribution in [0.3, 0.4) is 0 Å². The van der Waals surface area contributed by atoms with Gasteiger partial charge in [0.15, 0.2) is 0 Å². The molecule has 0 atom stereocenters. The van der Waals surface area contributed by atoms with Gasteiger partial charge in [0, 0.05) is 11.6 Å². The Morgan fingerprint density at radius 1 is 1.35 bits per heavy atom. The van der Waals surface area contributed by atoms with Crippen molar-refractivity contribution in [1.82, 2.24) is 9.69 Å². The molecule has 106 valence electrons. The standard InChI is InChI=1S/C14H17N3O2S/c1-14(2,9-18)16-13(19)15-12-8-11(17-20-12)10-6-4-3-5-7-10/h3-8,18H,9H2,1-2H3,(H2,15,16,19). The maximum Gasteiger partial charge on any atom is 0.320 e. The summed E-state index contributed by atoms with van der Waals surface area (Å²) in [6, 6.07) is 11.2. The number of rotatable bonds is 4. The smallest absolute Gasteiger partial charge is 0.320 e. The van der Waals surface area contributed by atoms with Gasteiger partial charge < -0.3 is 10.4 Å². The van der Waals surface area contributed by atoms with Crippen LogP contribution in [0.4, 0.5) is 9.80 Å². The molecular weight excluding hydrogens is 274 g/mol. The molecule has 0 radical (unpaired) electrons. The largest absolute Gasteiger partial charge is 0.394 e. The first kappa shape index (κ1) is 14.5. The molecule has 0 aliphatic rings. The minimum Gasteiger partial charge on any atom is -0.394 e. The Kier molecular flexibility index (Phi) is 4.36. The Labute approximate surface area is 121 Å². The maximum absolute atomic E-state index is 11.8. The van der Waals surface area contributed by atoms with E-state index in [1.54, 1.807) is 13.8 Å². The number of aromatic nitrogens is 1. The Balaban J connectivity index is 2.02. The topological polar surface area (TPSA) is 74.2 Å². The number of amides is 2. The molecule has 2 rings (SSSR count). The number of hydrogen-bond acceptors (Lipinski definition) is 4. The van der Waals surface area contributed by atoms with E-state index in [4.69, 9.17) is 5.11 Å². The molecule has 2 amide bonds. The van der Waals surface area contributed by atoms with Crippen LogP contribution in [0.15, 0.2) is 36.4 Å². The van der Waals surface area contributed by atoms with Crippen LogP contribution in [0.1, 0.15) is 13.8 Å². The summed E-state index contributed by atoms with van der Waals surface area (Å²) < 4.78 is 4.31. The molecule has 0 fully saturated rings. The summed E-state index contributed by atoms with van der Waals surface area (Å²) >= 11 is 1.22. The third kappa shape index (κ3) is 3.79. The quantitative estimate of drug-likeness (QED) is 0.811. The number of carbonyl (C=O) groups is 1. The number of anilines is 1. The van der Waals surface area contributed by atoms with Crippen molar-refractivity contribution >= 4 is 22.6 Å². The molecule has 0 unspecified atom stereocenters. The van der Waals surface area contributed by atoms with Crippen LogP contribution in [0.2, 0.25) is 0 Å². The number of nitrogens with zero attached hydrogens (tertiary/aromatic N) is 1. The lowest BCUT2D eigenvalue weighted by molar-refractivity contribution is 0.187. The van der Waals surface area contributed by atoms with Crippen molar-refractivity contribution in [3.63, 3.8) is 0 Å². The molecule has 0 saturated carbocycles. The van der Waals surface area contributed by atoms with Crippen LogP contribution < -0.4 is 10.6 Å². The van der Waals surface area contributed by atoms with Gasteiger partial charge in [-0.15, -0.1) is 0 Å². The minimum absolute atomic E-state index is 0.127. The highest BCUT2D eigenvalue weighted by Gasteiger charge is 2.19. The van der Waals surface area contributed by atoms with Crippen molar-refractivity contribution in [2.24, 2.45) is 0 Å². The molecule has 0 bridgehead atoms. The molecule has 0 aliphatic heterocycles. The lowest BCUT2D eigenvalue weighted by atomic mass is 10.1. The number of benzene rings is 1. The van der Waals surface area contributed by atoms with Crippen molar-refractivity contribution in [2.75, 3.05) is 11.9 Å². The van der Waals surface area contributed by atoms with Crippen LogP contribution in [0, 0.1) is 0 Å². The number of aliphatic hydroxyl groups excluding tert-OH is 1. The molecule has 1 aromatic heterocycles. The predicted molar refractivity (Wildman–Crippen MR) is 80.9 cm³/mol. The first-order valence-corrected chi connectivity index (χ1v) is 7.00. The lowest BCUT2D eigenvalue weighted by Gasteiger charge is -2.23. The summed E-state index contributed by atoms with van der Waals surface area (Å²) in [6.45, 7) is 3.36. The highest BCUT2D eigenvalue weighted by atomic mass is 32.1. The fourth-order valence-corrected chi connectivity index (χ4v) is 2.23. The summed E-state index contributed by atoms with van der Waals surface area (Å²) in [5.41, 5.74) is 1.18. The first-order chi connectivity index (χ1) is 9.50.